The molecule has 0 heterocycles. The van der Waals surface area contributed by atoms with Crippen LogP contribution in [-0.2, 0) is 11.2 Å². The summed E-state index contributed by atoms with van der Waals surface area (Å²) in [6.45, 7) is 6.37. The zero-order valence-electron chi connectivity index (χ0n) is 26.1. The highest BCUT2D eigenvalue weighted by Gasteiger charge is 2.59. The van der Waals surface area contributed by atoms with Crippen molar-refractivity contribution in [1.29, 1.82) is 0 Å². The first-order valence-corrected chi connectivity index (χ1v) is 16.4. The van der Waals surface area contributed by atoms with Gasteiger partial charge in [-0.05, 0) is 116 Å². The first kappa shape index (κ1) is 31.8. The van der Waals surface area contributed by atoms with Crippen LogP contribution < -0.4 is 4.74 Å². The summed E-state index contributed by atoms with van der Waals surface area (Å²) in [6, 6.07) is 12.8. The minimum atomic E-state index is -0.976. The Hall–Kier alpha value is -2.64. The van der Waals surface area contributed by atoms with Crippen molar-refractivity contribution in [3.8, 4) is 11.5 Å². The fraction of sp³-hybridized carbons (Fsp3) is 0.639. The largest absolute Gasteiger partial charge is 0.508 e. The van der Waals surface area contributed by atoms with Crippen molar-refractivity contribution >= 4 is 5.91 Å². The molecule has 7 atom stereocenters. The molecule has 6 nitrogen and oxygen atoms in total. The number of amides is 1. The summed E-state index contributed by atoms with van der Waals surface area (Å²) in [5, 5.41) is 21.1. The number of nitrogens with zero attached hydrogens (tertiary/aromatic N) is 1. The number of hydrogen-bond acceptors (Lipinski definition) is 5. The van der Waals surface area contributed by atoms with Gasteiger partial charge in [0, 0.05) is 31.7 Å². The molecule has 7 heteroatoms. The minimum Gasteiger partial charge on any atom is -0.508 e. The number of halogens is 1. The van der Waals surface area contributed by atoms with Crippen LogP contribution in [0, 0.1) is 23.2 Å². The average molecular weight is 596 g/mol. The van der Waals surface area contributed by atoms with E-state index < -0.39 is 12.3 Å². The van der Waals surface area contributed by atoms with Crippen LogP contribution in [0.25, 0.3) is 0 Å². The Morgan fingerprint density at radius 1 is 1.07 bits per heavy atom. The number of benzene rings is 2. The van der Waals surface area contributed by atoms with E-state index in [2.05, 4.69) is 6.92 Å². The first-order chi connectivity index (χ1) is 20.8. The molecule has 2 fully saturated rings. The zero-order chi connectivity index (χ0) is 30.6. The van der Waals surface area contributed by atoms with Crippen LogP contribution in [-0.4, -0.2) is 66.7 Å². The number of unbranched alkanes of at least 4 members (excludes halogenated alkanes) is 3. The fourth-order valence-corrected chi connectivity index (χ4v) is 8.66. The van der Waals surface area contributed by atoms with Crippen LogP contribution in [0.15, 0.2) is 42.5 Å². The lowest BCUT2D eigenvalue weighted by atomic mass is 9.51. The number of aliphatic hydroxyl groups is 1. The average Bonchev–Trinajstić information content (AvgIpc) is 3.29. The minimum absolute atomic E-state index is 0.00939. The molecule has 2 N–H and O–H groups in total. The van der Waals surface area contributed by atoms with E-state index in [1.54, 1.807) is 13.2 Å². The Morgan fingerprint density at radius 2 is 1.84 bits per heavy atom. The maximum atomic E-state index is 16.0. The zero-order valence-corrected chi connectivity index (χ0v) is 26.1. The second-order valence-corrected chi connectivity index (χ2v) is 13.3. The van der Waals surface area contributed by atoms with Crippen LogP contribution in [0.3, 0.4) is 0 Å². The lowest BCUT2D eigenvalue weighted by Gasteiger charge is -2.54. The normalized spacial score (nSPS) is 29.4. The number of aliphatic hydroxyl groups excluding tert-OH is 1. The van der Waals surface area contributed by atoms with Crippen LogP contribution in [0.2, 0.25) is 0 Å². The van der Waals surface area contributed by atoms with Gasteiger partial charge in [-0.1, -0.05) is 32.3 Å². The van der Waals surface area contributed by atoms with E-state index in [9.17, 15) is 15.0 Å². The van der Waals surface area contributed by atoms with E-state index in [1.165, 1.54) is 0 Å². The van der Waals surface area contributed by atoms with Gasteiger partial charge in [0.1, 0.15) is 17.7 Å². The number of alkyl halides is 1. The molecule has 0 bridgehead atoms. The van der Waals surface area contributed by atoms with Crippen molar-refractivity contribution in [1.82, 2.24) is 4.90 Å². The molecular formula is C36H50FNO5. The van der Waals surface area contributed by atoms with Crippen molar-refractivity contribution in [2.75, 3.05) is 33.4 Å². The Balaban J connectivity index is 1.18. The lowest BCUT2D eigenvalue weighted by Crippen LogP contribution is -2.51. The fourth-order valence-electron chi connectivity index (χ4n) is 8.66. The molecule has 3 aliphatic carbocycles. The highest BCUT2D eigenvalue weighted by Crippen LogP contribution is 2.63. The molecule has 5 rings (SSSR count). The number of methoxy groups -OCH3 is 1. The van der Waals surface area contributed by atoms with E-state index in [0.29, 0.717) is 50.1 Å². The number of aromatic hydroxyl groups is 1. The van der Waals surface area contributed by atoms with Crippen LogP contribution in [0.1, 0.15) is 92.6 Å². The number of ether oxygens (including phenoxy) is 2. The molecule has 2 aromatic carbocycles. The van der Waals surface area contributed by atoms with Crippen molar-refractivity contribution in [2.24, 2.45) is 23.2 Å². The smallest absolute Gasteiger partial charge is 0.253 e. The van der Waals surface area contributed by atoms with E-state index in [-0.39, 0.29) is 28.9 Å². The van der Waals surface area contributed by atoms with Crippen molar-refractivity contribution in [3.05, 3.63) is 59.2 Å². The highest BCUT2D eigenvalue weighted by molar-refractivity contribution is 5.94. The van der Waals surface area contributed by atoms with E-state index >= 15 is 4.39 Å². The van der Waals surface area contributed by atoms with Crippen LogP contribution >= 0.6 is 0 Å². The molecule has 2 aromatic rings. The van der Waals surface area contributed by atoms with Gasteiger partial charge in [0.2, 0.25) is 0 Å². The second kappa shape index (κ2) is 14.0. The van der Waals surface area contributed by atoms with Gasteiger partial charge < -0.3 is 24.6 Å². The third-order valence-corrected chi connectivity index (χ3v) is 10.8. The third-order valence-electron chi connectivity index (χ3n) is 10.8. The summed E-state index contributed by atoms with van der Waals surface area (Å²) >= 11 is 0. The van der Waals surface area contributed by atoms with Gasteiger partial charge >= 0.3 is 0 Å². The lowest BCUT2D eigenvalue weighted by molar-refractivity contribution is -0.0722. The number of phenols is 1. The van der Waals surface area contributed by atoms with Gasteiger partial charge in [-0.3, -0.25) is 4.79 Å². The SMILES string of the molecule is CCOc1ccc(C(=O)N(CCCCCC[C@@H]2Cc3cc(O)ccc3C3C2C2CC[C@H](O)[C@@]2(C)C[C@@H]3F)CCOC)cc1. The van der Waals surface area contributed by atoms with Crippen molar-refractivity contribution < 1.29 is 28.9 Å². The van der Waals surface area contributed by atoms with Crippen LogP contribution in [0.5, 0.6) is 11.5 Å². The van der Waals surface area contributed by atoms with Crippen molar-refractivity contribution in [2.45, 2.75) is 89.8 Å². The molecule has 0 saturated heterocycles. The number of hydrogen-bond donors (Lipinski definition) is 2. The monoisotopic (exact) mass is 595 g/mol. The topological polar surface area (TPSA) is 79.2 Å². The Bertz CT molecular complexity index is 1220. The predicted octanol–water partition coefficient (Wildman–Crippen LogP) is 6.92. The van der Waals surface area contributed by atoms with Crippen molar-refractivity contribution in [3.63, 3.8) is 0 Å². The standard InChI is InChI=1S/C36H50FNO5/c1-4-43-28-13-10-24(11-14-28)35(41)38(19-20-42-3)18-8-6-5-7-9-25-21-26-22-27(39)12-15-29(26)34-31(37)23-36(2)30(33(25)34)16-17-32(36)40/h10-15,22,25,30-34,39-40H,4-9,16-21,23H2,1-3H3/t25-,30?,31+,32+,33?,34?,36+/m1/s1. The van der Waals surface area contributed by atoms with Crippen LogP contribution in [0.4, 0.5) is 4.39 Å². The molecule has 0 spiro atoms. The van der Waals surface area contributed by atoms with Gasteiger partial charge in [-0.25, -0.2) is 4.39 Å². The quantitative estimate of drug-likeness (QED) is 0.246. The summed E-state index contributed by atoms with van der Waals surface area (Å²) in [6.07, 6.45) is 6.67. The maximum Gasteiger partial charge on any atom is 0.253 e. The summed E-state index contributed by atoms with van der Waals surface area (Å²) in [7, 11) is 1.65. The predicted molar refractivity (Wildman–Crippen MR) is 166 cm³/mol. The molecular weight excluding hydrogens is 545 g/mol. The maximum absolute atomic E-state index is 16.0. The number of carbonyl (C=O) groups excluding carboxylic acids is 1. The summed E-state index contributed by atoms with van der Waals surface area (Å²) in [5.74, 6) is 1.76. The number of rotatable bonds is 13. The Morgan fingerprint density at radius 3 is 2.58 bits per heavy atom. The Kier molecular flexibility index (Phi) is 10.3. The highest BCUT2D eigenvalue weighted by atomic mass is 19.1. The van der Waals surface area contributed by atoms with E-state index in [0.717, 1.165) is 68.2 Å². The van der Waals surface area contributed by atoms with Gasteiger partial charge in [0.25, 0.3) is 5.91 Å². The molecule has 0 aromatic heterocycles. The number of fused-ring (bicyclic) bond motifs is 5. The van der Waals surface area contributed by atoms with Gasteiger partial charge in [0.05, 0.1) is 19.3 Å². The van der Waals surface area contributed by atoms with Gasteiger partial charge in [0.15, 0.2) is 0 Å². The molecule has 0 radical (unpaired) electrons. The molecule has 3 unspecified atom stereocenters. The molecule has 3 aliphatic rings. The first-order valence-electron chi connectivity index (χ1n) is 16.4. The molecule has 1 amide bonds. The summed E-state index contributed by atoms with van der Waals surface area (Å²) < 4.78 is 26.8. The molecule has 236 valence electrons. The summed E-state index contributed by atoms with van der Waals surface area (Å²) in [4.78, 5) is 15.1. The molecule has 2 saturated carbocycles. The number of carbonyl (C=O) groups is 1. The van der Waals surface area contributed by atoms with Gasteiger partial charge in [-0.2, -0.15) is 0 Å². The number of phenolic OH excluding ortho intramolecular Hbond substituents is 1. The second-order valence-electron chi connectivity index (χ2n) is 13.3. The van der Waals surface area contributed by atoms with E-state index in [1.807, 2.05) is 48.2 Å². The van der Waals surface area contributed by atoms with E-state index in [4.69, 9.17) is 9.47 Å². The molecule has 0 aliphatic heterocycles. The summed E-state index contributed by atoms with van der Waals surface area (Å²) in [5.41, 5.74) is 2.47. The molecule has 43 heavy (non-hydrogen) atoms. The van der Waals surface area contributed by atoms with Gasteiger partial charge in [-0.15, -0.1) is 0 Å². The Labute approximate surface area is 256 Å². The third kappa shape index (κ3) is 6.73.